The number of para-hydroxylation sites is 1. The van der Waals surface area contributed by atoms with E-state index in [2.05, 4.69) is 127 Å². The molecule has 0 atom stereocenters. The summed E-state index contributed by atoms with van der Waals surface area (Å²) in [7, 11) is 0. The van der Waals surface area contributed by atoms with Crippen molar-refractivity contribution in [3.05, 3.63) is 146 Å². The Balaban J connectivity index is 2.17. The van der Waals surface area contributed by atoms with Crippen LogP contribution in [0.15, 0.2) is 146 Å². The van der Waals surface area contributed by atoms with Gasteiger partial charge in [-0.1, -0.05) is 0 Å². The molecule has 0 aliphatic carbocycles. The molecule has 0 spiro atoms. The molecular formula is C30H25OP. The van der Waals surface area contributed by atoms with E-state index in [1.165, 1.54) is 21.2 Å². The maximum atomic E-state index is 11.5. The molecule has 156 valence electrons. The monoisotopic (exact) mass is 432 g/mol. The second kappa shape index (κ2) is 8.11. The molecule has 0 saturated heterocycles. The zero-order valence-electron chi connectivity index (χ0n) is 17.8. The number of phenolic OH excluding ortho intramolecular Hbond substituents is 1. The molecule has 2 heteroatoms. The molecule has 1 N–H and O–H groups in total. The van der Waals surface area contributed by atoms with Gasteiger partial charge in [0.15, 0.2) is 0 Å². The van der Waals surface area contributed by atoms with Crippen molar-refractivity contribution in [2.75, 3.05) is 0 Å². The maximum absolute atomic E-state index is 11.5. The van der Waals surface area contributed by atoms with Crippen molar-refractivity contribution in [3.63, 3.8) is 0 Å². The molecular weight excluding hydrogens is 407 g/mol. The van der Waals surface area contributed by atoms with Crippen molar-refractivity contribution in [2.45, 2.75) is 0 Å². The molecule has 0 amide bonds. The fourth-order valence-electron chi connectivity index (χ4n) is 5.20. The van der Waals surface area contributed by atoms with Crippen LogP contribution in [0.25, 0.3) is 0 Å². The number of phenols is 1. The Hall–Kier alpha value is -3.67. The minimum absolute atomic E-state index is 0.311. The van der Waals surface area contributed by atoms with E-state index in [0.717, 1.165) is 5.30 Å². The van der Waals surface area contributed by atoms with Gasteiger partial charge in [-0.25, -0.2) is 0 Å². The minimum atomic E-state index is -3.56. The van der Waals surface area contributed by atoms with E-state index in [-0.39, 0.29) is 0 Å². The number of hydrogen-bond acceptors (Lipinski definition) is 1. The topological polar surface area (TPSA) is 20.2 Å². The van der Waals surface area contributed by atoms with Gasteiger partial charge in [-0.2, -0.15) is 0 Å². The summed E-state index contributed by atoms with van der Waals surface area (Å²) in [5.74, 6) is 0.311. The Bertz CT molecular complexity index is 1150. The van der Waals surface area contributed by atoms with Crippen molar-refractivity contribution in [2.24, 2.45) is 0 Å². The third kappa shape index (κ3) is 2.68. The average molecular weight is 433 g/mol. The van der Waals surface area contributed by atoms with Crippen LogP contribution in [0.5, 0.6) is 5.75 Å². The second-order valence-corrected chi connectivity index (χ2v) is 12.7. The summed E-state index contributed by atoms with van der Waals surface area (Å²) in [6.07, 6.45) is 0. The predicted octanol–water partition coefficient (Wildman–Crippen LogP) is 4.87. The summed E-state index contributed by atoms with van der Waals surface area (Å²) in [5, 5.41) is 17.2. The van der Waals surface area contributed by atoms with Crippen molar-refractivity contribution in [1.29, 1.82) is 0 Å². The molecule has 0 heterocycles. The zero-order chi connectivity index (χ0) is 21.9. The summed E-state index contributed by atoms with van der Waals surface area (Å²) in [4.78, 5) is 0. The van der Waals surface area contributed by atoms with Gasteiger partial charge in [0, 0.05) is 0 Å². The Kier molecular flexibility index (Phi) is 5.13. The first-order valence-corrected chi connectivity index (χ1v) is 13.0. The standard InChI is InChI=1S/C30H25OP/c31-29-23-13-14-24-30(29)32(25-15-5-1-6-16-25,26-17-7-2-8-18-26,27-19-9-3-10-20-27)28-21-11-4-12-22-28/h1-24,31H. The van der Waals surface area contributed by atoms with E-state index < -0.39 is 6.60 Å². The Morgan fingerprint density at radius 2 is 0.625 bits per heavy atom. The predicted molar refractivity (Wildman–Crippen MR) is 139 cm³/mol. The van der Waals surface area contributed by atoms with E-state index in [1.54, 1.807) is 0 Å². The molecule has 5 aromatic rings. The van der Waals surface area contributed by atoms with Crippen LogP contribution in [0, 0.1) is 0 Å². The quantitative estimate of drug-likeness (QED) is 0.393. The van der Waals surface area contributed by atoms with Crippen LogP contribution in [0.4, 0.5) is 0 Å². The van der Waals surface area contributed by atoms with Crippen molar-refractivity contribution >= 4 is 33.1 Å². The molecule has 0 saturated carbocycles. The number of benzene rings is 5. The zero-order valence-corrected chi connectivity index (χ0v) is 18.6. The van der Waals surface area contributed by atoms with Crippen molar-refractivity contribution < 1.29 is 5.11 Å². The number of aromatic hydroxyl groups is 1. The van der Waals surface area contributed by atoms with Crippen molar-refractivity contribution in [1.82, 2.24) is 0 Å². The van der Waals surface area contributed by atoms with E-state index in [0.29, 0.717) is 5.75 Å². The molecule has 0 bridgehead atoms. The molecule has 0 fully saturated rings. The molecule has 0 radical (unpaired) electrons. The first-order chi connectivity index (χ1) is 15.8. The normalized spacial score (nSPS) is 12.6. The summed E-state index contributed by atoms with van der Waals surface area (Å²) in [5.41, 5.74) is 0. The first-order valence-electron chi connectivity index (χ1n) is 10.8. The van der Waals surface area contributed by atoms with E-state index >= 15 is 0 Å². The fraction of sp³-hybridized carbons (Fsp3) is 0. The van der Waals surface area contributed by atoms with Crippen LogP contribution in [0.1, 0.15) is 0 Å². The van der Waals surface area contributed by atoms with Gasteiger partial charge in [-0.3, -0.25) is 0 Å². The Morgan fingerprint density at radius 1 is 0.344 bits per heavy atom. The van der Waals surface area contributed by atoms with Gasteiger partial charge >= 0.3 is 190 Å². The molecule has 5 rings (SSSR count). The van der Waals surface area contributed by atoms with E-state index in [4.69, 9.17) is 0 Å². The van der Waals surface area contributed by atoms with Crippen LogP contribution in [0.3, 0.4) is 0 Å². The molecule has 1 nitrogen and oxygen atoms in total. The molecule has 5 aromatic carbocycles. The van der Waals surface area contributed by atoms with Crippen LogP contribution in [-0.4, -0.2) is 5.11 Å². The molecule has 0 aliphatic rings. The summed E-state index contributed by atoms with van der Waals surface area (Å²) < 4.78 is 0. The Labute approximate surface area is 189 Å². The van der Waals surface area contributed by atoms with Gasteiger partial charge in [0.25, 0.3) is 0 Å². The van der Waals surface area contributed by atoms with Gasteiger partial charge in [0.05, 0.1) is 0 Å². The van der Waals surface area contributed by atoms with Crippen LogP contribution in [0.2, 0.25) is 0 Å². The Morgan fingerprint density at radius 3 is 0.938 bits per heavy atom. The van der Waals surface area contributed by atoms with Gasteiger partial charge in [-0.05, 0) is 0 Å². The fourth-order valence-corrected chi connectivity index (χ4v) is 12.1. The van der Waals surface area contributed by atoms with Crippen LogP contribution < -0.4 is 26.5 Å². The SMILES string of the molecule is Oc1ccccc1P(c1ccccc1)(c1ccccc1)(c1ccccc1)c1ccccc1. The summed E-state index contributed by atoms with van der Waals surface area (Å²) in [6.45, 7) is -3.56. The second-order valence-electron chi connectivity index (χ2n) is 7.95. The van der Waals surface area contributed by atoms with Gasteiger partial charge in [0.1, 0.15) is 0 Å². The summed E-state index contributed by atoms with van der Waals surface area (Å²) in [6, 6.07) is 50.7. The van der Waals surface area contributed by atoms with Gasteiger partial charge in [0.2, 0.25) is 0 Å². The first kappa shape index (κ1) is 20.2. The van der Waals surface area contributed by atoms with Gasteiger partial charge < -0.3 is 0 Å². The van der Waals surface area contributed by atoms with Crippen molar-refractivity contribution in [3.8, 4) is 5.75 Å². The molecule has 0 unspecified atom stereocenters. The van der Waals surface area contributed by atoms with E-state index in [1.807, 2.05) is 18.2 Å². The molecule has 0 aromatic heterocycles. The molecule has 0 aliphatic heterocycles. The van der Waals surface area contributed by atoms with E-state index in [9.17, 15) is 5.11 Å². The molecule has 32 heavy (non-hydrogen) atoms. The van der Waals surface area contributed by atoms with Gasteiger partial charge in [-0.15, -0.1) is 0 Å². The number of rotatable bonds is 5. The van der Waals surface area contributed by atoms with Crippen LogP contribution >= 0.6 is 6.60 Å². The number of hydrogen-bond donors (Lipinski definition) is 1. The third-order valence-electron chi connectivity index (χ3n) is 6.45. The van der Waals surface area contributed by atoms with Crippen LogP contribution in [-0.2, 0) is 0 Å². The average Bonchev–Trinajstić information content (AvgIpc) is 2.89. The summed E-state index contributed by atoms with van der Waals surface area (Å²) >= 11 is 0. The third-order valence-corrected chi connectivity index (χ3v) is 13.1.